The molecule has 160 valence electrons. The first-order chi connectivity index (χ1) is 15.5. The topological polar surface area (TPSA) is 93.4 Å². The van der Waals surface area contributed by atoms with Crippen LogP contribution >= 0.6 is 0 Å². The molecule has 0 spiro atoms. The van der Waals surface area contributed by atoms with Crippen molar-refractivity contribution >= 4 is 22.9 Å². The molecule has 1 heterocycles. The zero-order chi connectivity index (χ0) is 22.5. The molecule has 3 aromatic carbocycles. The molecule has 0 amide bonds. The highest BCUT2D eigenvalue weighted by atomic mass is 16.6. The lowest BCUT2D eigenvalue weighted by molar-refractivity contribution is -0.385. The number of hydrogen-bond acceptors (Lipinski definition) is 7. The Labute approximate surface area is 185 Å². The standard InChI is InChI=1S/C24H21N5O3/c1-17-13-18(2)15-21(14-17)32-24-22(29(30)31)23(25-16-26-24)27-28(19-9-5-3-6-10-19)20-11-7-4-8-12-20/h3-16H,1-2H3,(H,25,26,27). The lowest BCUT2D eigenvalue weighted by Gasteiger charge is -2.25. The summed E-state index contributed by atoms with van der Waals surface area (Å²) in [5, 5.41) is 13.7. The van der Waals surface area contributed by atoms with Gasteiger partial charge in [0.15, 0.2) is 0 Å². The molecule has 0 atom stereocenters. The van der Waals surface area contributed by atoms with Crippen molar-refractivity contribution in [3.05, 3.63) is 106 Å². The van der Waals surface area contributed by atoms with Gasteiger partial charge in [0.05, 0.1) is 16.3 Å². The fourth-order valence-electron chi connectivity index (χ4n) is 3.33. The van der Waals surface area contributed by atoms with Gasteiger partial charge in [0.25, 0.3) is 0 Å². The van der Waals surface area contributed by atoms with E-state index in [1.807, 2.05) is 80.6 Å². The van der Waals surface area contributed by atoms with Crippen LogP contribution in [0.3, 0.4) is 0 Å². The highest BCUT2D eigenvalue weighted by molar-refractivity contribution is 5.71. The molecular formula is C24H21N5O3. The van der Waals surface area contributed by atoms with Crippen LogP contribution in [0.4, 0.5) is 22.9 Å². The van der Waals surface area contributed by atoms with Gasteiger partial charge in [-0.25, -0.2) is 4.98 Å². The number of nitrogens with one attached hydrogen (secondary N) is 1. The fraction of sp³-hybridized carbons (Fsp3) is 0.0833. The molecule has 0 radical (unpaired) electrons. The zero-order valence-corrected chi connectivity index (χ0v) is 17.6. The number of para-hydroxylation sites is 2. The molecule has 0 aliphatic rings. The third kappa shape index (κ3) is 4.65. The van der Waals surface area contributed by atoms with Crippen LogP contribution in [0.1, 0.15) is 11.1 Å². The average Bonchev–Trinajstić information content (AvgIpc) is 2.78. The highest BCUT2D eigenvalue weighted by Crippen LogP contribution is 2.36. The first-order valence-electron chi connectivity index (χ1n) is 9.93. The normalized spacial score (nSPS) is 10.4. The van der Waals surface area contributed by atoms with E-state index < -0.39 is 4.92 Å². The minimum absolute atomic E-state index is 0.0112. The summed E-state index contributed by atoms with van der Waals surface area (Å²) in [5.74, 6) is 0.342. The lowest BCUT2D eigenvalue weighted by Crippen LogP contribution is -2.25. The van der Waals surface area contributed by atoms with Gasteiger partial charge in [-0.3, -0.25) is 20.5 Å². The van der Waals surface area contributed by atoms with Crippen molar-refractivity contribution in [2.45, 2.75) is 13.8 Å². The summed E-state index contributed by atoms with van der Waals surface area (Å²) in [6, 6.07) is 24.5. The molecule has 1 N–H and O–H groups in total. The molecule has 8 heteroatoms. The van der Waals surface area contributed by atoms with Crippen LogP contribution in [0.5, 0.6) is 11.6 Å². The summed E-state index contributed by atoms with van der Waals surface area (Å²) in [6.07, 6.45) is 1.24. The predicted octanol–water partition coefficient (Wildman–Crippen LogP) is 5.96. The molecule has 0 fully saturated rings. The molecule has 32 heavy (non-hydrogen) atoms. The van der Waals surface area contributed by atoms with Crippen LogP contribution in [0.15, 0.2) is 85.2 Å². The first kappa shape index (κ1) is 20.8. The second kappa shape index (κ2) is 9.13. The highest BCUT2D eigenvalue weighted by Gasteiger charge is 2.27. The zero-order valence-electron chi connectivity index (χ0n) is 17.6. The van der Waals surface area contributed by atoms with Crippen LogP contribution in [0.25, 0.3) is 0 Å². The Kier molecular flexibility index (Phi) is 5.94. The number of nitrogens with zero attached hydrogens (tertiary/aromatic N) is 4. The number of hydrogen-bond donors (Lipinski definition) is 1. The fourth-order valence-corrected chi connectivity index (χ4v) is 3.33. The number of ether oxygens (including phenoxy) is 1. The van der Waals surface area contributed by atoms with Crippen LogP contribution in [-0.2, 0) is 0 Å². The summed E-state index contributed by atoms with van der Waals surface area (Å²) in [5.41, 5.74) is 6.24. The van der Waals surface area contributed by atoms with Crippen molar-refractivity contribution in [2.75, 3.05) is 10.4 Å². The van der Waals surface area contributed by atoms with E-state index in [1.165, 1.54) is 6.33 Å². The average molecular weight is 427 g/mol. The quantitative estimate of drug-likeness (QED) is 0.287. The molecule has 0 saturated heterocycles. The Bertz CT molecular complexity index is 1170. The Morgan fingerprint density at radius 1 is 0.875 bits per heavy atom. The maximum Gasteiger partial charge on any atom is 0.374 e. The number of hydrazine groups is 1. The number of aromatic nitrogens is 2. The summed E-state index contributed by atoms with van der Waals surface area (Å²) in [6.45, 7) is 3.86. The van der Waals surface area contributed by atoms with Gasteiger partial charge >= 0.3 is 11.6 Å². The smallest absolute Gasteiger partial charge is 0.374 e. The third-order valence-electron chi connectivity index (χ3n) is 4.63. The largest absolute Gasteiger partial charge is 0.434 e. The van der Waals surface area contributed by atoms with Gasteiger partial charge in [-0.15, -0.1) is 0 Å². The van der Waals surface area contributed by atoms with Crippen LogP contribution in [0.2, 0.25) is 0 Å². The van der Waals surface area contributed by atoms with Crippen LogP contribution < -0.4 is 15.2 Å². The molecule has 0 bridgehead atoms. The monoisotopic (exact) mass is 427 g/mol. The Morgan fingerprint density at radius 2 is 1.44 bits per heavy atom. The van der Waals surface area contributed by atoms with Gasteiger partial charge in [-0.1, -0.05) is 42.5 Å². The number of aryl methyl sites for hydroxylation is 2. The van der Waals surface area contributed by atoms with Gasteiger partial charge in [0.2, 0.25) is 5.82 Å². The molecule has 0 aliphatic carbocycles. The summed E-state index contributed by atoms with van der Waals surface area (Å²) in [7, 11) is 0. The van der Waals surface area contributed by atoms with E-state index in [2.05, 4.69) is 15.4 Å². The van der Waals surface area contributed by atoms with Crippen LogP contribution in [0, 0.1) is 24.0 Å². The number of nitro groups is 1. The molecule has 0 aliphatic heterocycles. The minimum Gasteiger partial charge on any atom is -0.434 e. The van der Waals surface area contributed by atoms with E-state index in [1.54, 1.807) is 17.1 Å². The number of anilines is 3. The van der Waals surface area contributed by atoms with Crippen molar-refractivity contribution in [1.29, 1.82) is 0 Å². The number of rotatable bonds is 7. The van der Waals surface area contributed by atoms with Gasteiger partial charge < -0.3 is 4.74 Å². The second-order valence-electron chi connectivity index (χ2n) is 7.18. The van der Waals surface area contributed by atoms with E-state index in [0.29, 0.717) is 5.75 Å². The van der Waals surface area contributed by atoms with Gasteiger partial charge in [-0.05, 0) is 61.4 Å². The molecule has 4 aromatic rings. The Hall–Kier alpha value is -4.46. The van der Waals surface area contributed by atoms with Gasteiger partial charge in [0.1, 0.15) is 12.1 Å². The SMILES string of the molecule is Cc1cc(C)cc(Oc2ncnc(NN(c3ccccc3)c3ccccc3)c2[N+](=O)[O-])c1. The second-order valence-corrected chi connectivity index (χ2v) is 7.18. The van der Waals surface area contributed by atoms with Crippen molar-refractivity contribution < 1.29 is 9.66 Å². The van der Waals surface area contributed by atoms with E-state index >= 15 is 0 Å². The summed E-state index contributed by atoms with van der Waals surface area (Å²) < 4.78 is 5.81. The van der Waals surface area contributed by atoms with Crippen molar-refractivity contribution in [3.63, 3.8) is 0 Å². The van der Waals surface area contributed by atoms with Crippen molar-refractivity contribution in [2.24, 2.45) is 0 Å². The summed E-state index contributed by atoms with van der Waals surface area (Å²) >= 11 is 0. The van der Waals surface area contributed by atoms with E-state index in [-0.39, 0.29) is 17.4 Å². The first-order valence-corrected chi connectivity index (χ1v) is 9.93. The maximum absolute atomic E-state index is 12.0. The minimum atomic E-state index is -0.547. The maximum atomic E-state index is 12.0. The molecule has 8 nitrogen and oxygen atoms in total. The molecule has 4 rings (SSSR count). The lowest BCUT2D eigenvalue weighted by atomic mass is 10.1. The molecule has 0 unspecified atom stereocenters. The van der Waals surface area contributed by atoms with Gasteiger partial charge in [-0.2, -0.15) is 4.98 Å². The Morgan fingerprint density at radius 3 is 1.97 bits per heavy atom. The Balaban J connectivity index is 1.75. The number of benzene rings is 3. The van der Waals surface area contributed by atoms with E-state index in [9.17, 15) is 10.1 Å². The van der Waals surface area contributed by atoms with Crippen molar-refractivity contribution in [1.82, 2.24) is 9.97 Å². The van der Waals surface area contributed by atoms with Crippen molar-refractivity contribution in [3.8, 4) is 11.6 Å². The van der Waals surface area contributed by atoms with E-state index in [0.717, 1.165) is 22.5 Å². The predicted molar refractivity (Wildman–Crippen MR) is 123 cm³/mol. The van der Waals surface area contributed by atoms with Crippen LogP contribution in [-0.4, -0.2) is 14.9 Å². The third-order valence-corrected chi connectivity index (χ3v) is 4.63. The van der Waals surface area contributed by atoms with Gasteiger partial charge in [0, 0.05) is 0 Å². The molecular weight excluding hydrogens is 406 g/mol. The van der Waals surface area contributed by atoms with E-state index in [4.69, 9.17) is 4.74 Å². The molecule has 0 saturated carbocycles. The molecule has 1 aromatic heterocycles. The summed E-state index contributed by atoms with van der Waals surface area (Å²) in [4.78, 5) is 19.6.